The Balaban J connectivity index is 2.16. The lowest BCUT2D eigenvalue weighted by Gasteiger charge is -2.20. The number of halogens is 3. The molecule has 0 aliphatic carbocycles. The lowest BCUT2D eigenvalue weighted by molar-refractivity contribution is 0.402. The van der Waals surface area contributed by atoms with Gasteiger partial charge in [-0.3, -0.25) is 0 Å². The molecule has 2 aromatic rings. The fourth-order valence-corrected chi connectivity index (χ4v) is 2.50. The summed E-state index contributed by atoms with van der Waals surface area (Å²) in [5.41, 5.74) is 0.668. The maximum atomic E-state index is 13.5. The minimum atomic E-state index is -0.472. The molecule has 0 aliphatic heterocycles. The number of nitrogens with one attached hydrogen (secondary N) is 1. The third-order valence-corrected chi connectivity index (χ3v) is 3.59. The van der Waals surface area contributed by atoms with Crippen LogP contribution in [0.3, 0.4) is 0 Å². The van der Waals surface area contributed by atoms with Crippen LogP contribution in [0.4, 0.5) is 4.39 Å². The molecule has 1 aromatic heterocycles. The summed E-state index contributed by atoms with van der Waals surface area (Å²) in [5, 5.41) is 3.77. The summed E-state index contributed by atoms with van der Waals surface area (Å²) in [5.74, 6) is 0.345. The number of hydrogen-bond acceptors (Lipinski definition) is 2. The van der Waals surface area contributed by atoms with E-state index in [1.807, 2.05) is 26.0 Å². The van der Waals surface area contributed by atoms with Crippen LogP contribution >= 0.6 is 23.2 Å². The minimum absolute atomic E-state index is 0.000180. The van der Waals surface area contributed by atoms with Gasteiger partial charge in [-0.05, 0) is 43.7 Å². The van der Waals surface area contributed by atoms with Crippen LogP contribution in [0, 0.1) is 5.82 Å². The summed E-state index contributed by atoms with van der Waals surface area (Å²) in [6.07, 6.45) is 1.62. The van der Waals surface area contributed by atoms with E-state index in [0.29, 0.717) is 10.6 Å². The van der Waals surface area contributed by atoms with E-state index in [-0.39, 0.29) is 17.1 Å². The average Bonchev–Trinajstić information content (AvgIpc) is 2.87. The van der Waals surface area contributed by atoms with Crippen molar-refractivity contribution in [3.8, 4) is 0 Å². The van der Waals surface area contributed by atoms with Gasteiger partial charge in [0.15, 0.2) is 0 Å². The molecule has 0 radical (unpaired) electrons. The Morgan fingerprint density at radius 1 is 1.16 bits per heavy atom. The van der Waals surface area contributed by atoms with Crippen LogP contribution < -0.4 is 5.32 Å². The first-order valence-electron chi connectivity index (χ1n) is 5.93. The molecule has 0 bridgehead atoms. The molecule has 2 rings (SSSR count). The van der Waals surface area contributed by atoms with Crippen LogP contribution in [0.25, 0.3) is 0 Å². The van der Waals surface area contributed by atoms with E-state index in [1.165, 1.54) is 12.1 Å². The Morgan fingerprint density at radius 3 is 2.53 bits per heavy atom. The zero-order chi connectivity index (χ0) is 14.0. The predicted molar refractivity (Wildman–Crippen MR) is 75.1 cm³/mol. The van der Waals surface area contributed by atoms with Crippen molar-refractivity contribution >= 4 is 23.2 Å². The fraction of sp³-hybridized carbons (Fsp3) is 0.286. The SMILES string of the molecule is CC(NC(C)c1cc(F)c(Cl)cc1Cl)c1ccco1. The van der Waals surface area contributed by atoms with Crippen molar-refractivity contribution in [2.24, 2.45) is 0 Å². The molecular weight excluding hydrogens is 288 g/mol. The van der Waals surface area contributed by atoms with Gasteiger partial charge in [0.1, 0.15) is 11.6 Å². The second-order valence-corrected chi connectivity index (χ2v) is 5.23. The van der Waals surface area contributed by atoms with Crippen LogP contribution in [0.1, 0.15) is 37.3 Å². The van der Waals surface area contributed by atoms with Gasteiger partial charge in [0.05, 0.1) is 17.3 Å². The second-order valence-electron chi connectivity index (χ2n) is 4.41. The van der Waals surface area contributed by atoms with Crippen molar-refractivity contribution in [3.05, 3.63) is 57.7 Å². The zero-order valence-corrected chi connectivity index (χ0v) is 12.1. The monoisotopic (exact) mass is 301 g/mol. The lowest BCUT2D eigenvalue weighted by atomic mass is 10.1. The second kappa shape index (κ2) is 5.95. The molecule has 2 atom stereocenters. The Bertz CT molecular complexity index is 557. The summed E-state index contributed by atoms with van der Waals surface area (Å²) in [4.78, 5) is 0. The molecule has 0 fully saturated rings. The topological polar surface area (TPSA) is 25.2 Å². The standard InChI is InChI=1S/C14H14Cl2FNO/c1-8(18-9(2)14-4-3-5-19-14)10-6-13(17)12(16)7-11(10)15/h3-9,18H,1-2H3. The van der Waals surface area contributed by atoms with E-state index < -0.39 is 5.82 Å². The summed E-state index contributed by atoms with van der Waals surface area (Å²) < 4.78 is 18.8. The van der Waals surface area contributed by atoms with Crippen LogP contribution in [-0.4, -0.2) is 0 Å². The van der Waals surface area contributed by atoms with E-state index in [1.54, 1.807) is 6.26 Å². The van der Waals surface area contributed by atoms with Gasteiger partial charge in [-0.15, -0.1) is 0 Å². The third kappa shape index (κ3) is 3.30. The molecule has 5 heteroatoms. The first kappa shape index (κ1) is 14.4. The van der Waals surface area contributed by atoms with E-state index in [4.69, 9.17) is 27.6 Å². The maximum Gasteiger partial charge on any atom is 0.142 e. The van der Waals surface area contributed by atoms with E-state index in [2.05, 4.69) is 5.32 Å². The predicted octanol–water partition coefficient (Wildman–Crippen LogP) is 5.14. The molecule has 0 spiro atoms. The highest BCUT2D eigenvalue weighted by Gasteiger charge is 2.17. The molecule has 19 heavy (non-hydrogen) atoms. The van der Waals surface area contributed by atoms with E-state index >= 15 is 0 Å². The van der Waals surface area contributed by atoms with Gasteiger partial charge in [0, 0.05) is 11.1 Å². The van der Waals surface area contributed by atoms with Gasteiger partial charge in [0.2, 0.25) is 0 Å². The van der Waals surface area contributed by atoms with Gasteiger partial charge in [-0.2, -0.15) is 0 Å². The minimum Gasteiger partial charge on any atom is -0.468 e. The van der Waals surface area contributed by atoms with Gasteiger partial charge in [-0.25, -0.2) is 4.39 Å². The van der Waals surface area contributed by atoms with Gasteiger partial charge in [-0.1, -0.05) is 23.2 Å². The summed E-state index contributed by atoms with van der Waals surface area (Å²) >= 11 is 11.8. The van der Waals surface area contributed by atoms with Crippen molar-refractivity contribution in [1.29, 1.82) is 0 Å². The molecule has 1 heterocycles. The first-order chi connectivity index (χ1) is 8.99. The first-order valence-corrected chi connectivity index (χ1v) is 6.68. The van der Waals surface area contributed by atoms with Crippen molar-refractivity contribution in [2.75, 3.05) is 0 Å². The van der Waals surface area contributed by atoms with Gasteiger partial charge >= 0.3 is 0 Å². The summed E-state index contributed by atoms with van der Waals surface area (Å²) in [6, 6.07) is 6.36. The quantitative estimate of drug-likeness (QED) is 0.791. The lowest BCUT2D eigenvalue weighted by Crippen LogP contribution is -2.22. The van der Waals surface area contributed by atoms with E-state index in [9.17, 15) is 4.39 Å². The third-order valence-electron chi connectivity index (χ3n) is 2.98. The summed E-state index contributed by atoms with van der Waals surface area (Å²) in [7, 11) is 0. The maximum absolute atomic E-state index is 13.5. The smallest absolute Gasteiger partial charge is 0.142 e. The van der Waals surface area contributed by atoms with Crippen LogP contribution in [0.5, 0.6) is 0 Å². The molecule has 0 aliphatic rings. The normalized spacial score (nSPS) is 14.4. The van der Waals surface area contributed by atoms with E-state index in [0.717, 1.165) is 5.76 Å². The Hall–Kier alpha value is -1.03. The van der Waals surface area contributed by atoms with Crippen LogP contribution in [-0.2, 0) is 0 Å². The van der Waals surface area contributed by atoms with Crippen molar-refractivity contribution in [3.63, 3.8) is 0 Å². The van der Waals surface area contributed by atoms with Crippen LogP contribution in [0.15, 0.2) is 34.9 Å². The fourth-order valence-electron chi connectivity index (χ4n) is 1.95. The molecule has 0 amide bonds. The molecule has 1 aromatic carbocycles. The van der Waals surface area contributed by atoms with Crippen LogP contribution in [0.2, 0.25) is 10.0 Å². The average molecular weight is 302 g/mol. The van der Waals surface area contributed by atoms with Crippen molar-refractivity contribution in [1.82, 2.24) is 5.32 Å². The zero-order valence-electron chi connectivity index (χ0n) is 10.6. The molecule has 2 nitrogen and oxygen atoms in total. The molecule has 2 unspecified atom stereocenters. The number of rotatable bonds is 4. The highest BCUT2D eigenvalue weighted by molar-refractivity contribution is 6.35. The Morgan fingerprint density at radius 2 is 1.89 bits per heavy atom. The molecule has 102 valence electrons. The number of hydrogen-bond donors (Lipinski definition) is 1. The molecule has 0 saturated carbocycles. The van der Waals surface area contributed by atoms with Crippen molar-refractivity contribution in [2.45, 2.75) is 25.9 Å². The molecular formula is C14H14Cl2FNO. The highest BCUT2D eigenvalue weighted by Crippen LogP contribution is 2.30. The van der Waals surface area contributed by atoms with Gasteiger partial charge < -0.3 is 9.73 Å². The number of benzene rings is 1. The van der Waals surface area contributed by atoms with Gasteiger partial charge in [0.25, 0.3) is 0 Å². The number of furan rings is 1. The molecule has 0 saturated heterocycles. The summed E-state index contributed by atoms with van der Waals surface area (Å²) in [6.45, 7) is 3.88. The van der Waals surface area contributed by atoms with Crippen molar-refractivity contribution < 1.29 is 8.81 Å². The Kier molecular flexibility index (Phi) is 4.50. The Labute approximate surface area is 121 Å². The highest BCUT2D eigenvalue weighted by atomic mass is 35.5. The molecule has 1 N–H and O–H groups in total. The largest absolute Gasteiger partial charge is 0.468 e.